The molecule has 2 aromatic rings. The van der Waals surface area contributed by atoms with Crippen molar-refractivity contribution in [2.75, 3.05) is 11.9 Å². The zero-order chi connectivity index (χ0) is 13.5. The van der Waals surface area contributed by atoms with E-state index in [9.17, 15) is 0 Å². The lowest BCUT2D eigenvalue weighted by Gasteiger charge is -2.09. The molecule has 0 bridgehead atoms. The first-order chi connectivity index (χ1) is 9.24. The summed E-state index contributed by atoms with van der Waals surface area (Å²) in [4.78, 5) is 0. The molecule has 0 aliphatic carbocycles. The lowest BCUT2D eigenvalue weighted by atomic mass is 10.1. The van der Waals surface area contributed by atoms with Crippen LogP contribution in [0.15, 0.2) is 60.7 Å². The van der Waals surface area contributed by atoms with E-state index in [1.54, 1.807) is 0 Å². The highest BCUT2D eigenvalue weighted by Gasteiger charge is 1.97. The highest BCUT2D eigenvalue weighted by Crippen LogP contribution is 2.10. The molecule has 0 aromatic heterocycles. The van der Waals surface area contributed by atoms with Crippen LogP contribution in [0.4, 0.5) is 5.69 Å². The Balaban J connectivity index is 1.86. The van der Waals surface area contributed by atoms with E-state index in [4.69, 9.17) is 0 Å². The van der Waals surface area contributed by atoms with Crippen molar-refractivity contribution in [2.24, 2.45) is 5.92 Å². The van der Waals surface area contributed by atoms with Crippen LogP contribution in [-0.2, 0) is 0 Å². The third-order valence-corrected chi connectivity index (χ3v) is 3.06. The average Bonchev–Trinajstić information content (AvgIpc) is 2.44. The van der Waals surface area contributed by atoms with E-state index >= 15 is 0 Å². The molecular weight excluding hydrogens is 230 g/mol. The van der Waals surface area contributed by atoms with Crippen LogP contribution >= 0.6 is 0 Å². The molecule has 1 nitrogen and oxygen atoms in total. The summed E-state index contributed by atoms with van der Waals surface area (Å²) in [6.45, 7) is 5.30. The summed E-state index contributed by atoms with van der Waals surface area (Å²) in [6.07, 6.45) is 4.45. The van der Waals surface area contributed by atoms with Gasteiger partial charge in [0.25, 0.3) is 0 Å². The molecule has 0 radical (unpaired) electrons. The fourth-order valence-corrected chi connectivity index (χ4v) is 1.95. The van der Waals surface area contributed by atoms with Crippen molar-refractivity contribution in [1.29, 1.82) is 0 Å². The predicted octanol–water partition coefficient (Wildman–Crippen LogP) is 4.76. The van der Waals surface area contributed by atoms with Crippen molar-refractivity contribution in [3.8, 4) is 0 Å². The summed E-state index contributed by atoms with van der Waals surface area (Å²) in [7, 11) is 0. The van der Waals surface area contributed by atoms with E-state index in [0.717, 1.165) is 6.54 Å². The first kappa shape index (κ1) is 13.4. The van der Waals surface area contributed by atoms with E-state index in [1.165, 1.54) is 16.8 Å². The second-order valence-corrected chi connectivity index (χ2v) is 5.00. The smallest absolute Gasteiger partial charge is 0.0340 e. The molecule has 0 aliphatic rings. The Kier molecular flexibility index (Phi) is 4.79. The van der Waals surface area contributed by atoms with Crippen molar-refractivity contribution in [1.82, 2.24) is 0 Å². The summed E-state index contributed by atoms with van der Waals surface area (Å²) in [5, 5.41) is 3.44. The van der Waals surface area contributed by atoms with Crippen molar-refractivity contribution < 1.29 is 0 Å². The van der Waals surface area contributed by atoms with Gasteiger partial charge in [-0.1, -0.05) is 67.1 Å². The Morgan fingerprint density at radius 3 is 2.58 bits per heavy atom. The maximum atomic E-state index is 3.44. The molecule has 1 unspecified atom stereocenters. The fourth-order valence-electron chi connectivity index (χ4n) is 1.95. The molecule has 0 heterocycles. The van der Waals surface area contributed by atoms with Crippen molar-refractivity contribution in [3.05, 3.63) is 71.8 Å². The van der Waals surface area contributed by atoms with Crippen LogP contribution in [0.1, 0.15) is 18.1 Å². The molecule has 0 saturated carbocycles. The van der Waals surface area contributed by atoms with Crippen molar-refractivity contribution >= 4 is 11.8 Å². The molecule has 0 saturated heterocycles. The maximum absolute atomic E-state index is 3.44. The first-order valence-corrected chi connectivity index (χ1v) is 6.78. The summed E-state index contributed by atoms with van der Waals surface area (Å²) in [5.41, 5.74) is 3.75. The van der Waals surface area contributed by atoms with E-state index in [2.05, 4.69) is 79.8 Å². The lowest BCUT2D eigenvalue weighted by Crippen LogP contribution is -2.08. The maximum Gasteiger partial charge on any atom is 0.0340 e. The van der Waals surface area contributed by atoms with Crippen LogP contribution in [-0.4, -0.2) is 6.54 Å². The van der Waals surface area contributed by atoms with Gasteiger partial charge in [-0.2, -0.15) is 0 Å². The molecule has 1 N–H and O–H groups in total. The lowest BCUT2D eigenvalue weighted by molar-refractivity contribution is 0.774. The molecule has 0 aliphatic heterocycles. The van der Waals surface area contributed by atoms with Crippen LogP contribution in [0, 0.1) is 12.8 Å². The number of hydrogen-bond donors (Lipinski definition) is 1. The molecule has 19 heavy (non-hydrogen) atoms. The van der Waals surface area contributed by atoms with Crippen LogP contribution in [0.2, 0.25) is 0 Å². The number of nitrogens with one attached hydrogen (secondary N) is 1. The van der Waals surface area contributed by atoms with Gasteiger partial charge in [-0.15, -0.1) is 0 Å². The normalized spacial score (nSPS) is 12.5. The van der Waals surface area contributed by atoms with Gasteiger partial charge in [-0.25, -0.2) is 0 Å². The van der Waals surface area contributed by atoms with Crippen LogP contribution in [0.25, 0.3) is 6.08 Å². The first-order valence-electron chi connectivity index (χ1n) is 6.78. The topological polar surface area (TPSA) is 12.0 Å². The molecule has 0 spiro atoms. The third-order valence-electron chi connectivity index (χ3n) is 3.06. The summed E-state index contributed by atoms with van der Waals surface area (Å²) >= 11 is 0. The number of benzene rings is 2. The van der Waals surface area contributed by atoms with Gasteiger partial charge in [0.2, 0.25) is 0 Å². The highest BCUT2D eigenvalue weighted by molar-refractivity contribution is 5.50. The van der Waals surface area contributed by atoms with Crippen LogP contribution in [0.3, 0.4) is 0 Å². The number of hydrogen-bond acceptors (Lipinski definition) is 1. The third kappa shape index (κ3) is 4.63. The molecule has 98 valence electrons. The number of aryl methyl sites for hydroxylation is 1. The standard InChI is InChI=1S/C18H21N/c1-15-7-6-8-17(13-15)12-11-16(2)14-19-18-9-4-3-5-10-18/h3-13,16,19H,14H2,1-2H3/b12-11+. The van der Waals surface area contributed by atoms with Crippen molar-refractivity contribution in [2.45, 2.75) is 13.8 Å². The predicted molar refractivity (Wildman–Crippen MR) is 84.3 cm³/mol. The minimum Gasteiger partial charge on any atom is -0.384 e. The summed E-state index contributed by atoms with van der Waals surface area (Å²) < 4.78 is 0. The van der Waals surface area contributed by atoms with Gasteiger partial charge >= 0.3 is 0 Å². The van der Waals surface area contributed by atoms with E-state index < -0.39 is 0 Å². The average molecular weight is 251 g/mol. The quantitative estimate of drug-likeness (QED) is 0.808. The van der Waals surface area contributed by atoms with Crippen LogP contribution < -0.4 is 5.32 Å². The molecule has 2 aromatic carbocycles. The summed E-state index contributed by atoms with van der Waals surface area (Å²) in [6, 6.07) is 18.9. The molecule has 0 amide bonds. The largest absolute Gasteiger partial charge is 0.384 e. The second kappa shape index (κ2) is 6.79. The van der Waals surface area contributed by atoms with Gasteiger partial charge in [0.15, 0.2) is 0 Å². The van der Waals surface area contributed by atoms with Gasteiger partial charge in [-0.05, 0) is 30.5 Å². The van der Waals surface area contributed by atoms with Crippen molar-refractivity contribution in [3.63, 3.8) is 0 Å². The minimum absolute atomic E-state index is 0.501. The Hall–Kier alpha value is -2.02. The zero-order valence-corrected chi connectivity index (χ0v) is 11.6. The molecule has 1 heteroatoms. The molecule has 2 rings (SSSR count). The van der Waals surface area contributed by atoms with Crippen LogP contribution in [0.5, 0.6) is 0 Å². The Morgan fingerprint density at radius 1 is 1.05 bits per heavy atom. The van der Waals surface area contributed by atoms with E-state index in [0.29, 0.717) is 5.92 Å². The number of para-hydroxylation sites is 1. The van der Waals surface area contributed by atoms with Gasteiger partial charge < -0.3 is 5.32 Å². The monoisotopic (exact) mass is 251 g/mol. The van der Waals surface area contributed by atoms with E-state index in [1.807, 2.05) is 6.07 Å². The van der Waals surface area contributed by atoms with Gasteiger partial charge in [-0.3, -0.25) is 0 Å². The Bertz CT molecular complexity index is 528. The molecular formula is C18H21N. The number of rotatable bonds is 5. The summed E-state index contributed by atoms with van der Waals surface area (Å²) in [5.74, 6) is 0.501. The van der Waals surface area contributed by atoms with Gasteiger partial charge in [0.05, 0.1) is 0 Å². The molecule has 0 fully saturated rings. The second-order valence-electron chi connectivity index (χ2n) is 5.00. The number of anilines is 1. The Morgan fingerprint density at radius 2 is 1.84 bits per heavy atom. The zero-order valence-electron chi connectivity index (χ0n) is 11.6. The van der Waals surface area contributed by atoms with Gasteiger partial charge in [0, 0.05) is 12.2 Å². The van der Waals surface area contributed by atoms with E-state index in [-0.39, 0.29) is 0 Å². The minimum atomic E-state index is 0.501. The SMILES string of the molecule is Cc1cccc(/C=C/C(C)CNc2ccccc2)c1. The van der Waals surface area contributed by atoms with Gasteiger partial charge in [0.1, 0.15) is 0 Å². The highest BCUT2D eigenvalue weighted by atomic mass is 14.9. The Labute approximate surface area is 116 Å². The fraction of sp³-hybridized carbons (Fsp3) is 0.222. The molecule has 1 atom stereocenters.